The molecule has 4 aliphatic heterocycles. The van der Waals surface area contributed by atoms with Crippen LogP contribution in [0.5, 0.6) is 0 Å². The summed E-state index contributed by atoms with van der Waals surface area (Å²) in [4.78, 5) is 11.5. The topological polar surface area (TPSA) is 73.5 Å². The second-order valence-electron chi connectivity index (χ2n) is 8.18. The average Bonchev–Trinajstić information content (AvgIpc) is 3.45. The largest absolute Gasteiger partial charge is 0.362 e. The molecule has 1 saturated heterocycles. The summed E-state index contributed by atoms with van der Waals surface area (Å²) in [6.07, 6.45) is 5.05. The van der Waals surface area contributed by atoms with Crippen molar-refractivity contribution in [3.05, 3.63) is 47.7 Å². The second kappa shape index (κ2) is 5.87. The molecule has 2 aromatic rings. The highest BCUT2D eigenvalue weighted by molar-refractivity contribution is 6.14. The van der Waals surface area contributed by atoms with Crippen molar-refractivity contribution >= 4 is 29.8 Å². The molecule has 9 nitrogen and oxygen atoms in total. The van der Waals surface area contributed by atoms with E-state index in [-0.39, 0.29) is 17.9 Å². The molecular formula is C19H20ClN7O2. The van der Waals surface area contributed by atoms with Crippen LogP contribution < -0.4 is 9.91 Å². The molecule has 0 saturated carbocycles. The van der Waals surface area contributed by atoms with Gasteiger partial charge in [-0.1, -0.05) is 18.2 Å². The first-order chi connectivity index (χ1) is 14.0. The molecule has 0 bridgehead atoms. The zero-order valence-electron chi connectivity index (χ0n) is 16.1. The van der Waals surface area contributed by atoms with Crippen molar-refractivity contribution in [2.45, 2.75) is 44.6 Å². The number of nitrogens with zero attached hydrogens (tertiary/aromatic N) is 7. The Bertz CT molecular complexity index is 1040. The number of hydrazine groups is 1. The minimum Gasteiger partial charge on any atom is -0.362 e. The van der Waals surface area contributed by atoms with Gasteiger partial charge in [0.1, 0.15) is 24.9 Å². The molecule has 10 heteroatoms. The second-order valence-corrected chi connectivity index (χ2v) is 8.61. The van der Waals surface area contributed by atoms with Crippen LogP contribution in [0.1, 0.15) is 50.4 Å². The lowest BCUT2D eigenvalue weighted by atomic mass is 10.1. The van der Waals surface area contributed by atoms with Crippen molar-refractivity contribution in [3.63, 3.8) is 0 Å². The maximum absolute atomic E-state index is 6.32. The number of benzene rings is 1. The smallest absolute Gasteiger partial charge is 0.290 e. The Balaban J connectivity index is 1.36. The SMILES string of the molecule is CC1(C)CCC(c2nc(N3C=NC4c5ccccc5N5CN(Cl)C=C5N43)no2)O1. The molecule has 2 unspecified atom stereocenters. The van der Waals surface area contributed by atoms with Crippen molar-refractivity contribution < 1.29 is 9.26 Å². The quantitative estimate of drug-likeness (QED) is 0.692. The number of aliphatic imine (C=N–C) groups is 1. The molecule has 1 fully saturated rings. The van der Waals surface area contributed by atoms with Crippen LogP contribution in [0, 0.1) is 0 Å². The lowest BCUT2D eigenvalue weighted by Gasteiger charge is -2.41. The molecule has 0 aliphatic carbocycles. The Kier molecular flexibility index (Phi) is 3.46. The van der Waals surface area contributed by atoms with Gasteiger partial charge in [-0.25, -0.2) is 15.0 Å². The summed E-state index contributed by atoms with van der Waals surface area (Å²) < 4.78 is 13.2. The average molecular weight is 414 g/mol. The summed E-state index contributed by atoms with van der Waals surface area (Å²) in [6.45, 7) is 4.70. The summed E-state index contributed by atoms with van der Waals surface area (Å²) in [6, 6.07) is 8.20. The summed E-state index contributed by atoms with van der Waals surface area (Å²) in [5.74, 6) is 1.83. The first-order valence-corrected chi connectivity index (χ1v) is 9.98. The van der Waals surface area contributed by atoms with Gasteiger partial charge in [-0.2, -0.15) is 4.98 Å². The Hall–Kier alpha value is -2.78. The van der Waals surface area contributed by atoms with Gasteiger partial charge in [0.15, 0.2) is 6.17 Å². The van der Waals surface area contributed by atoms with E-state index < -0.39 is 0 Å². The fourth-order valence-electron chi connectivity index (χ4n) is 4.34. The van der Waals surface area contributed by atoms with Gasteiger partial charge in [-0.15, -0.1) is 0 Å². The highest BCUT2D eigenvalue weighted by atomic mass is 35.5. The van der Waals surface area contributed by atoms with Crippen molar-refractivity contribution in [1.82, 2.24) is 19.6 Å². The van der Waals surface area contributed by atoms with E-state index in [1.165, 1.54) is 0 Å². The van der Waals surface area contributed by atoms with Gasteiger partial charge in [0.2, 0.25) is 0 Å². The van der Waals surface area contributed by atoms with Crippen LogP contribution in [0.2, 0.25) is 0 Å². The van der Waals surface area contributed by atoms with Gasteiger partial charge in [0, 0.05) is 17.3 Å². The van der Waals surface area contributed by atoms with Crippen LogP contribution in [0.4, 0.5) is 11.6 Å². The molecule has 1 aromatic carbocycles. The number of hydrogen-bond donors (Lipinski definition) is 0. The van der Waals surface area contributed by atoms with Crippen LogP contribution in [0.25, 0.3) is 0 Å². The number of anilines is 2. The van der Waals surface area contributed by atoms with Crippen molar-refractivity contribution in [1.29, 1.82) is 0 Å². The van der Waals surface area contributed by atoms with Crippen LogP contribution in [0.15, 0.2) is 45.8 Å². The lowest BCUT2D eigenvalue weighted by Crippen LogP contribution is -2.47. The molecule has 4 aliphatic rings. The standard InChI is InChI=1S/C19H20ClN7O2/c1-19(2)8-7-14(28-19)17-22-18(23-29-17)26-10-21-16-12-5-3-4-6-13(12)25-11-24(20)9-15(25)27(16)26/h3-6,9-10,14,16H,7-8,11H2,1-2H3. The van der Waals surface area contributed by atoms with E-state index in [1.54, 1.807) is 10.8 Å². The lowest BCUT2D eigenvalue weighted by molar-refractivity contribution is -0.0292. The number of para-hydroxylation sites is 1. The summed E-state index contributed by atoms with van der Waals surface area (Å²) in [5.41, 5.74) is 2.02. The maximum atomic E-state index is 6.32. The molecule has 0 amide bonds. The highest BCUT2D eigenvalue weighted by Gasteiger charge is 2.45. The zero-order valence-corrected chi connectivity index (χ0v) is 16.8. The van der Waals surface area contributed by atoms with E-state index in [2.05, 4.69) is 41.0 Å². The van der Waals surface area contributed by atoms with Gasteiger partial charge in [-0.05, 0) is 37.9 Å². The number of ether oxygens (including phenoxy) is 1. The summed E-state index contributed by atoms with van der Waals surface area (Å²) in [7, 11) is 0. The van der Waals surface area contributed by atoms with Crippen LogP contribution in [-0.2, 0) is 4.74 Å². The van der Waals surface area contributed by atoms with Gasteiger partial charge >= 0.3 is 0 Å². The number of hydrogen-bond acceptors (Lipinski definition) is 9. The van der Waals surface area contributed by atoms with E-state index in [1.807, 2.05) is 28.4 Å². The number of halogens is 1. The monoisotopic (exact) mass is 413 g/mol. The molecule has 1 aromatic heterocycles. The fourth-order valence-corrected chi connectivity index (χ4v) is 4.54. The number of rotatable bonds is 2. The molecule has 0 spiro atoms. The Labute approximate surface area is 172 Å². The number of fused-ring (bicyclic) bond motifs is 6. The first kappa shape index (κ1) is 17.1. The third kappa shape index (κ3) is 2.54. The van der Waals surface area contributed by atoms with Crippen molar-refractivity contribution in [2.75, 3.05) is 16.6 Å². The third-order valence-electron chi connectivity index (χ3n) is 5.71. The first-order valence-electron chi connectivity index (χ1n) is 9.64. The normalized spacial score (nSPS) is 26.7. The Morgan fingerprint density at radius 1 is 1.24 bits per heavy atom. The van der Waals surface area contributed by atoms with E-state index in [4.69, 9.17) is 26.0 Å². The predicted molar refractivity (Wildman–Crippen MR) is 107 cm³/mol. The molecule has 6 rings (SSSR count). The van der Waals surface area contributed by atoms with Gasteiger partial charge in [0.05, 0.1) is 17.5 Å². The van der Waals surface area contributed by atoms with E-state index >= 15 is 0 Å². The summed E-state index contributed by atoms with van der Waals surface area (Å²) in [5, 5.41) is 8.04. The number of aromatic nitrogens is 2. The van der Waals surface area contributed by atoms with E-state index in [0.717, 1.165) is 29.9 Å². The zero-order chi connectivity index (χ0) is 19.8. The van der Waals surface area contributed by atoms with Gasteiger partial charge in [-0.3, -0.25) is 4.42 Å². The van der Waals surface area contributed by atoms with Crippen LogP contribution in [0.3, 0.4) is 0 Å². The maximum Gasteiger partial charge on any atom is 0.290 e. The predicted octanol–water partition coefficient (Wildman–Crippen LogP) is 3.51. The molecule has 0 radical (unpaired) electrons. The Morgan fingerprint density at radius 2 is 2.10 bits per heavy atom. The van der Waals surface area contributed by atoms with Gasteiger partial charge < -0.3 is 14.2 Å². The fraction of sp³-hybridized carbons (Fsp3) is 0.421. The van der Waals surface area contributed by atoms with Crippen molar-refractivity contribution in [2.24, 2.45) is 4.99 Å². The highest BCUT2D eigenvalue weighted by Crippen LogP contribution is 2.47. The molecule has 0 N–H and O–H groups in total. The van der Waals surface area contributed by atoms with Crippen molar-refractivity contribution in [3.8, 4) is 0 Å². The molecular weight excluding hydrogens is 394 g/mol. The Morgan fingerprint density at radius 3 is 2.93 bits per heavy atom. The van der Waals surface area contributed by atoms with Crippen LogP contribution >= 0.6 is 11.8 Å². The summed E-state index contributed by atoms with van der Waals surface area (Å²) >= 11 is 6.32. The molecule has 5 heterocycles. The molecule has 2 atom stereocenters. The molecule has 29 heavy (non-hydrogen) atoms. The van der Waals surface area contributed by atoms with E-state index in [9.17, 15) is 0 Å². The molecule has 150 valence electrons. The third-order valence-corrected chi connectivity index (χ3v) is 5.92. The van der Waals surface area contributed by atoms with Gasteiger partial charge in [0.25, 0.3) is 11.8 Å². The van der Waals surface area contributed by atoms with Crippen LogP contribution in [-0.4, -0.2) is 38.2 Å². The minimum atomic E-state index is -0.208. The minimum absolute atomic E-state index is 0.172. The van der Waals surface area contributed by atoms with E-state index in [0.29, 0.717) is 18.5 Å².